The molecule has 0 bridgehead atoms. The van der Waals surface area contributed by atoms with Crippen molar-refractivity contribution >= 4 is 0 Å². The number of phenolic OH excluding ortho intramolecular Hbond substituents is 2. The molecule has 3 rings (SSSR count). The number of phenols is 2. The van der Waals surface area contributed by atoms with Crippen molar-refractivity contribution in [3.63, 3.8) is 0 Å². The molecule has 1 heterocycles. The first kappa shape index (κ1) is 12.1. The van der Waals surface area contributed by atoms with Gasteiger partial charge in [-0.15, -0.1) is 0 Å². The predicted molar refractivity (Wildman–Crippen MR) is 74.5 cm³/mol. The van der Waals surface area contributed by atoms with E-state index in [1.807, 2.05) is 31.2 Å². The van der Waals surface area contributed by atoms with Crippen LogP contribution in [0.2, 0.25) is 0 Å². The second kappa shape index (κ2) is 4.59. The highest BCUT2D eigenvalue weighted by atomic mass is 16.3. The summed E-state index contributed by atoms with van der Waals surface area (Å²) in [5.74, 6) is 0.854. The minimum absolute atomic E-state index is 0.218. The van der Waals surface area contributed by atoms with E-state index in [4.69, 9.17) is 0 Å². The van der Waals surface area contributed by atoms with Crippen molar-refractivity contribution in [1.29, 1.82) is 0 Å². The zero-order chi connectivity index (χ0) is 13.4. The van der Waals surface area contributed by atoms with E-state index in [0.717, 1.165) is 24.2 Å². The van der Waals surface area contributed by atoms with Crippen LogP contribution in [0.1, 0.15) is 28.2 Å². The lowest BCUT2D eigenvalue weighted by Crippen LogP contribution is -2.29. The van der Waals surface area contributed by atoms with E-state index in [1.54, 1.807) is 12.1 Å². The number of aromatic hydroxyl groups is 2. The van der Waals surface area contributed by atoms with Gasteiger partial charge in [0.15, 0.2) is 0 Å². The quantitative estimate of drug-likeness (QED) is 0.734. The van der Waals surface area contributed by atoms with E-state index in [-0.39, 0.29) is 5.92 Å². The zero-order valence-electron chi connectivity index (χ0n) is 10.9. The van der Waals surface area contributed by atoms with Crippen molar-refractivity contribution in [2.45, 2.75) is 19.4 Å². The second-order valence-corrected chi connectivity index (χ2v) is 5.06. The highest BCUT2D eigenvalue weighted by molar-refractivity contribution is 5.49. The standard InChI is InChI=1S/C16H17NO2/c1-10-14-8-17-9-15(13(14)5-6-16(10)19)11-3-2-4-12(18)7-11/h2-7,15,17-19H,8-9H2,1H3. The number of hydrogen-bond acceptors (Lipinski definition) is 3. The molecule has 3 heteroatoms. The van der Waals surface area contributed by atoms with Crippen molar-refractivity contribution in [1.82, 2.24) is 5.32 Å². The maximum Gasteiger partial charge on any atom is 0.118 e. The van der Waals surface area contributed by atoms with Crippen LogP contribution in [-0.2, 0) is 6.54 Å². The fourth-order valence-corrected chi connectivity index (χ4v) is 2.82. The number of benzene rings is 2. The Morgan fingerprint density at radius 1 is 1.16 bits per heavy atom. The Hall–Kier alpha value is -2.00. The number of rotatable bonds is 1. The summed E-state index contributed by atoms with van der Waals surface area (Å²) in [5, 5.41) is 22.8. The van der Waals surface area contributed by atoms with E-state index in [9.17, 15) is 10.2 Å². The molecule has 0 saturated carbocycles. The number of hydrogen-bond donors (Lipinski definition) is 3. The average molecular weight is 255 g/mol. The molecule has 1 unspecified atom stereocenters. The summed E-state index contributed by atoms with van der Waals surface area (Å²) in [6.45, 7) is 3.58. The zero-order valence-corrected chi connectivity index (χ0v) is 10.9. The van der Waals surface area contributed by atoms with Gasteiger partial charge in [-0.25, -0.2) is 0 Å². The molecule has 19 heavy (non-hydrogen) atoms. The lowest BCUT2D eigenvalue weighted by atomic mass is 9.83. The molecule has 2 aromatic carbocycles. The monoisotopic (exact) mass is 255 g/mol. The van der Waals surface area contributed by atoms with Gasteiger partial charge < -0.3 is 15.5 Å². The summed E-state index contributed by atoms with van der Waals surface area (Å²) < 4.78 is 0. The van der Waals surface area contributed by atoms with Crippen LogP contribution < -0.4 is 5.32 Å². The molecule has 2 aromatic rings. The lowest BCUT2D eigenvalue weighted by molar-refractivity contribution is 0.465. The van der Waals surface area contributed by atoms with Gasteiger partial charge in [-0.2, -0.15) is 0 Å². The lowest BCUT2D eigenvalue weighted by Gasteiger charge is -2.28. The van der Waals surface area contributed by atoms with E-state index in [2.05, 4.69) is 5.32 Å². The van der Waals surface area contributed by atoms with Crippen molar-refractivity contribution in [2.24, 2.45) is 0 Å². The first-order valence-electron chi connectivity index (χ1n) is 6.48. The maximum absolute atomic E-state index is 9.81. The van der Waals surface area contributed by atoms with Gasteiger partial charge in [0.2, 0.25) is 0 Å². The van der Waals surface area contributed by atoms with Gasteiger partial charge in [-0.3, -0.25) is 0 Å². The Morgan fingerprint density at radius 2 is 2.00 bits per heavy atom. The van der Waals surface area contributed by atoms with Crippen LogP contribution in [0.4, 0.5) is 0 Å². The highest BCUT2D eigenvalue weighted by Crippen LogP contribution is 2.35. The summed E-state index contributed by atoms with van der Waals surface area (Å²) in [7, 11) is 0. The van der Waals surface area contributed by atoms with Gasteiger partial charge >= 0.3 is 0 Å². The molecular formula is C16H17NO2. The van der Waals surface area contributed by atoms with Crippen molar-refractivity contribution in [3.8, 4) is 11.5 Å². The van der Waals surface area contributed by atoms with Crippen LogP contribution in [0.5, 0.6) is 11.5 Å². The Bertz CT molecular complexity index is 622. The van der Waals surface area contributed by atoms with E-state index < -0.39 is 0 Å². The normalized spacial score (nSPS) is 18.1. The molecule has 0 aliphatic carbocycles. The molecule has 3 N–H and O–H groups in total. The van der Waals surface area contributed by atoms with Crippen LogP contribution in [-0.4, -0.2) is 16.8 Å². The molecular weight excluding hydrogens is 238 g/mol. The first-order chi connectivity index (χ1) is 9.16. The van der Waals surface area contributed by atoms with Gasteiger partial charge in [0, 0.05) is 19.0 Å². The molecule has 0 saturated heterocycles. The summed E-state index contributed by atoms with van der Waals surface area (Å²) in [6.07, 6.45) is 0. The van der Waals surface area contributed by atoms with Crippen molar-refractivity contribution in [3.05, 3.63) is 58.7 Å². The summed E-state index contributed by atoms with van der Waals surface area (Å²) in [4.78, 5) is 0. The summed E-state index contributed by atoms with van der Waals surface area (Å²) in [5.41, 5.74) is 4.44. The molecule has 3 nitrogen and oxygen atoms in total. The molecule has 1 atom stereocenters. The Morgan fingerprint density at radius 3 is 2.79 bits per heavy atom. The third-order valence-electron chi connectivity index (χ3n) is 3.90. The third-order valence-corrected chi connectivity index (χ3v) is 3.90. The molecule has 0 amide bonds. The van der Waals surface area contributed by atoms with E-state index >= 15 is 0 Å². The van der Waals surface area contributed by atoms with Gasteiger partial charge in [0.05, 0.1) is 0 Å². The van der Waals surface area contributed by atoms with Gasteiger partial charge in [0.25, 0.3) is 0 Å². The Balaban J connectivity index is 2.11. The fraction of sp³-hybridized carbons (Fsp3) is 0.250. The second-order valence-electron chi connectivity index (χ2n) is 5.06. The van der Waals surface area contributed by atoms with Gasteiger partial charge in [-0.05, 0) is 47.4 Å². The van der Waals surface area contributed by atoms with E-state index in [1.165, 1.54) is 11.1 Å². The largest absolute Gasteiger partial charge is 0.508 e. The van der Waals surface area contributed by atoms with Crippen LogP contribution in [0.15, 0.2) is 36.4 Å². The fourth-order valence-electron chi connectivity index (χ4n) is 2.82. The smallest absolute Gasteiger partial charge is 0.118 e. The molecule has 0 radical (unpaired) electrons. The molecule has 1 aliphatic rings. The number of nitrogens with one attached hydrogen (secondary N) is 1. The SMILES string of the molecule is Cc1c(O)ccc2c1CNCC2c1cccc(O)c1. The summed E-state index contributed by atoms with van der Waals surface area (Å²) in [6, 6.07) is 11.1. The topological polar surface area (TPSA) is 52.5 Å². The van der Waals surface area contributed by atoms with Gasteiger partial charge in [-0.1, -0.05) is 18.2 Å². The van der Waals surface area contributed by atoms with E-state index in [0.29, 0.717) is 11.5 Å². The minimum Gasteiger partial charge on any atom is -0.508 e. The molecule has 1 aliphatic heterocycles. The van der Waals surface area contributed by atoms with Crippen LogP contribution in [0, 0.1) is 6.92 Å². The molecule has 98 valence electrons. The Labute approximate surface area is 112 Å². The average Bonchev–Trinajstić information content (AvgIpc) is 2.42. The third kappa shape index (κ3) is 2.06. The van der Waals surface area contributed by atoms with Crippen LogP contribution >= 0.6 is 0 Å². The van der Waals surface area contributed by atoms with Crippen molar-refractivity contribution in [2.75, 3.05) is 6.54 Å². The minimum atomic E-state index is 0.218. The summed E-state index contributed by atoms with van der Waals surface area (Å²) >= 11 is 0. The van der Waals surface area contributed by atoms with Crippen LogP contribution in [0.25, 0.3) is 0 Å². The maximum atomic E-state index is 9.81. The predicted octanol–water partition coefficient (Wildman–Crippen LogP) is 2.64. The Kier molecular flexibility index (Phi) is 2.91. The van der Waals surface area contributed by atoms with Crippen molar-refractivity contribution < 1.29 is 10.2 Å². The molecule has 0 aromatic heterocycles. The van der Waals surface area contributed by atoms with Gasteiger partial charge in [0.1, 0.15) is 11.5 Å². The first-order valence-corrected chi connectivity index (χ1v) is 6.48. The molecule has 0 spiro atoms. The molecule has 0 fully saturated rings. The highest BCUT2D eigenvalue weighted by Gasteiger charge is 2.23. The van der Waals surface area contributed by atoms with Crippen LogP contribution in [0.3, 0.4) is 0 Å². The number of fused-ring (bicyclic) bond motifs is 1.